The van der Waals surface area contributed by atoms with Crippen molar-refractivity contribution in [2.24, 2.45) is 5.92 Å². The SMILES string of the molecule is COC(=O)[C@H]1C(=O)N2c3ccccc3CO[C@H]2C[C@@H]1c1ccc(OC)cc1. The minimum Gasteiger partial charge on any atom is -0.497 e. The Hall–Kier alpha value is -2.86. The van der Waals surface area contributed by atoms with Crippen LogP contribution < -0.4 is 9.64 Å². The molecule has 0 spiro atoms. The van der Waals surface area contributed by atoms with Crippen molar-refractivity contribution in [3.8, 4) is 5.75 Å². The Balaban J connectivity index is 1.74. The summed E-state index contributed by atoms with van der Waals surface area (Å²) in [6.07, 6.45) is 0.118. The number of ether oxygens (including phenoxy) is 3. The van der Waals surface area contributed by atoms with Gasteiger partial charge in [0.05, 0.1) is 26.5 Å². The molecule has 2 aliphatic heterocycles. The summed E-state index contributed by atoms with van der Waals surface area (Å²) in [5, 5.41) is 0. The van der Waals surface area contributed by atoms with Gasteiger partial charge in [-0.1, -0.05) is 30.3 Å². The molecule has 0 bridgehead atoms. The fourth-order valence-electron chi connectivity index (χ4n) is 3.96. The number of carbonyl (C=O) groups excluding carboxylic acids is 2. The summed E-state index contributed by atoms with van der Waals surface area (Å²) in [6.45, 7) is 0.447. The summed E-state index contributed by atoms with van der Waals surface area (Å²) in [4.78, 5) is 27.5. The van der Waals surface area contributed by atoms with E-state index in [9.17, 15) is 9.59 Å². The monoisotopic (exact) mass is 367 g/mol. The maximum atomic E-state index is 13.4. The Morgan fingerprint density at radius 3 is 2.56 bits per heavy atom. The molecule has 6 heteroatoms. The number of rotatable bonds is 3. The Labute approximate surface area is 157 Å². The molecular formula is C21H21NO5. The summed E-state index contributed by atoms with van der Waals surface area (Å²) in [7, 11) is 2.91. The number of amides is 1. The van der Waals surface area contributed by atoms with Crippen LogP contribution in [0.4, 0.5) is 5.69 Å². The van der Waals surface area contributed by atoms with E-state index < -0.39 is 18.1 Å². The van der Waals surface area contributed by atoms with Crippen molar-refractivity contribution < 1.29 is 23.8 Å². The normalized spacial score (nSPS) is 24.0. The molecule has 2 aliphatic rings. The Morgan fingerprint density at radius 2 is 1.85 bits per heavy atom. The predicted molar refractivity (Wildman–Crippen MR) is 98.4 cm³/mol. The summed E-state index contributed by atoms with van der Waals surface area (Å²) < 4.78 is 16.1. The highest BCUT2D eigenvalue weighted by Gasteiger charge is 2.49. The van der Waals surface area contributed by atoms with Gasteiger partial charge in [-0.05, 0) is 23.8 Å². The number of piperidine rings is 1. The van der Waals surface area contributed by atoms with Crippen LogP contribution in [0.25, 0.3) is 0 Å². The molecule has 0 saturated carbocycles. The van der Waals surface area contributed by atoms with Crippen molar-refractivity contribution in [2.75, 3.05) is 19.1 Å². The number of fused-ring (bicyclic) bond motifs is 3. The Bertz CT molecular complexity index is 863. The van der Waals surface area contributed by atoms with Crippen molar-refractivity contribution in [3.63, 3.8) is 0 Å². The number of esters is 1. The maximum Gasteiger partial charge on any atom is 0.318 e. The van der Waals surface area contributed by atoms with Gasteiger partial charge in [-0.15, -0.1) is 0 Å². The summed E-state index contributed by atoms with van der Waals surface area (Å²) in [5.74, 6) is -1.31. The molecule has 1 saturated heterocycles. The molecule has 2 aromatic rings. The summed E-state index contributed by atoms with van der Waals surface area (Å²) >= 11 is 0. The van der Waals surface area contributed by atoms with Crippen LogP contribution in [0, 0.1) is 5.92 Å². The van der Waals surface area contributed by atoms with Crippen LogP contribution in [-0.4, -0.2) is 32.3 Å². The summed E-state index contributed by atoms with van der Waals surface area (Å²) in [6, 6.07) is 15.1. The van der Waals surface area contributed by atoms with E-state index in [-0.39, 0.29) is 11.8 Å². The third-order valence-corrected chi connectivity index (χ3v) is 5.33. The molecule has 1 amide bonds. The molecule has 2 heterocycles. The predicted octanol–water partition coefficient (Wildman–Crippen LogP) is 2.86. The molecule has 2 aromatic carbocycles. The van der Waals surface area contributed by atoms with Crippen molar-refractivity contribution in [1.29, 1.82) is 0 Å². The number of anilines is 1. The first-order chi connectivity index (χ1) is 13.1. The number of methoxy groups -OCH3 is 2. The molecule has 0 aliphatic carbocycles. The van der Waals surface area contributed by atoms with Crippen LogP contribution in [0.2, 0.25) is 0 Å². The minimum atomic E-state index is -0.908. The number of hydrogen-bond acceptors (Lipinski definition) is 5. The maximum absolute atomic E-state index is 13.4. The average molecular weight is 367 g/mol. The highest BCUT2D eigenvalue weighted by Crippen LogP contribution is 2.43. The van der Waals surface area contributed by atoms with Crippen molar-refractivity contribution >= 4 is 17.6 Å². The van der Waals surface area contributed by atoms with Crippen LogP contribution in [0.1, 0.15) is 23.5 Å². The van der Waals surface area contributed by atoms with Gasteiger partial charge < -0.3 is 14.2 Å². The molecule has 27 heavy (non-hydrogen) atoms. The van der Waals surface area contributed by atoms with Gasteiger partial charge in [-0.2, -0.15) is 0 Å². The second kappa shape index (κ2) is 7.04. The molecule has 6 nitrogen and oxygen atoms in total. The fraction of sp³-hybridized carbons (Fsp3) is 0.333. The Kier molecular flexibility index (Phi) is 4.58. The lowest BCUT2D eigenvalue weighted by Gasteiger charge is -2.45. The number of benzene rings is 2. The van der Waals surface area contributed by atoms with Gasteiger partial charge in [-0.25, -0.2) is 0 Å². The largest absolute Gasteiger partial charge is 0.497 e. The third-order valence-electron chi connectivity index (χ3n) is 5.33. The molecule has 0 radical (unpaired) electrons. The average Bonchev–Trinajstić information content (AvgIpc) is 2.72. The molecule has 0 N–H and O–H groups in total. The van der Waals surface area contributed by atoms with Crippen molar-refractivity contribution in [2.45, 2.75) is 25.2 Å². The van der Waals surface area contributed by atoms with Gasteiger partial charge >= 0.3 is 5.97 Å². The van der Waals surface area contributed by atoms with Crippen LogP contribution in [0.15, 0.2) is 48.5 Å². The smallest absolute Gasteiger partial charge is 0.318 e. The topological polar surface area (TPSA) is 65.1 Å². The quantitative estimate of drug-likeness (QED) is 0.617. The zero-order valence-electron chi connectivity index (χ0n) is 15.3. The second-order valence-electron chi connectivity index (χ2n) is 6.72. The first-order valence-electron chi connectivity index (χ1n) is 8.88. The zero-order valence-corrected chi connectivity index (χ0v) is 15.3. The van der Waals surface area contributed by atoms with Crippen molar-refractivity contribution in [3.05, 3.63) is 59.7 Å². The lowest BCUT2D eigenvalue weighted by Crippen LogP contribution is -2.56. The van der Waals surface area contributed by atoms with Gasteiger partial charge in [0.1, 0.15) is 17.9 Å². The van der Waals surface area contributed by atoms with E-state index in [2.05, 4.69) is 0 Å². The van der Waals surface area contributed by atoms with Crippen LogP contribution in [-0.2, 0) is 25.7 Å². The van der Waals surface area contributed by atoms with Gasteiger partial charge in [0.2, 0.25) is 5.91 Å². The van der Waals surface area contributed by atoms with Gasteiger partial charge in [0, 0.05) is 17.9 Å². The second-order valence-corrected chi connectivity index (χ2v) is 6.72. The first kappa shape index (κ1) is 17.5. The molecule has 3 atom stereocenters. The van der Waals surface area contributed by atoms with Crippen LogP contribution in [0.5, 0.6) is 5.75 Å². The molecule has 1 fully saturated rings. The van der Waals surface area contributed by atoms with E-state index in [0.717, 1.165) is 22.6 Å². The number of para-hydroxylation sites is 1. The lowest BCUT2D eigenvalue weighted by atomic mass is 9.78. The molecule has 140 valence electrons. The van der Waals surface area contributed by atoms with Gasteiger partial charge in [-0.3, -0.25) is 14.5 Å². The van der Waals surface area contributed by atoms with Gasteiger partial charge in [0.25, 0.3) is 0 Å². The van der Waals surface area contributed by atoms with Crippen LogP contribution in [0.3, 0.4) is 0 Å². The molecular weight excluding hydrogens is 346 g/mol. The zero-order chi connectivity index (χ0) is 19.0. The van der Waals surface area contributed by atoms with Crippen molar-refractivity contribution in [1.82, 2.24) is 0 Å². The third kappa shape index (κ3) is 2.96. The summed E-state index contributed by atoms with van der Waals surface area (Å²) in [5.41, 5.74) is 2.64. The highest BCUT2D eigenvalue weighted by molar-refractivity contribution is 6.08. The first-order valence-corrected chi connectivity index (χ1v) is 8.88. The minimum absolute atomic E-state index is 0.286. The van der Waals surface area contributed by atoms with Gasteiger partial charge in [0.15, 0.2) is 0 Å². The van der Waals surface area contributed by atoms with Crippen LogP contribution >= 0.6 is 0 Å². The van der Waals surface area contributed by atoms with E-state index in [0.29, 0.717) is 13.0 Å². The number of carbonyl (C=O) groups is 2. The fourth-order valence-corrected chi connectivity index (χ4v) is 3.96. The molecule has 4 rings (SSSR count). The highest BCUT2D eigenvalue weighted by atomic mass is 16.5. The van der Waals surface area contributed by atoms with E-state index in [4.69, 9.17) is 14.2 Å². The molecule has 0 unspecified atom stereocenters. The molecule has 0 aromatic heterocycles. The van der Waals surface area contributed by atoms with E-state index in [1.807, 2.05) is 48.5 Å². The number of nitrogens with zero attached hydrogens (tertiary/aromatic N) is 1. The standard InChI is InChI=1S/C21H21NO5/c1-25-15-9-7-13(8-10-15)16-11-18-22(20(23)19(16)21(24)26-2)17-6-4-3-5-14(17)12-27-18/h3-10,16,18-19H,11-12H2,1-2H3/t16-,18+,19-/m1/s1. The van der Waals surface area contributed by atoms with E-state index >= 15 is 0 Å². The Morgan fingerprint density at radius 1 is 1.11 bits per heavy atom. The lowest BCUT2D eigenvalue weighted by molar-refractivity contribution is -0.154. The van der Waals surface area contributed by atoms with E-state index in [1.54, 1.807) is 12.0 Å². The number of hydrogen-bond donors (Lipinski definition) is 0. The van der Waals surface area contributed by atoms with E-state index in [1.165, 1.54) is 7.11 Å².